The summed E-state index contributed by atoms with van der Waals surface area (Å²) < 4.78 is 5.52. The van der Waals surface area contributed by atoms with Gasteiger partial charge >= 0.3 is 0 Å². The Balaban J connectivity index is 1.62. The quantitative estimate of drug-likeness (QED) is 0.905. The summed E-state index contributed by atoms with van der Waals surface area (Å²) in [5.41, 5.74) is 3.57. The minimum Gasteiger partial charge on any atom is -0.376 e. The molecule has 0 bridgehead atoms. The van der Waals surface area contributed by atoms with Crippen molar-refractivity contribution in [2.75, 3.05) is 13.2 Å². The zero-order chi connectivity index (χ0) is 13.1. The Kier molecular flexibility index (Phi) is 3.83. The maximum absolute atomic E-state index is 12.1. The van der Waals surface area contributed by atoms with Crippen LogP contribution in [0.3, 0.4) is 0 Å². The number of hydrogen-bond donors (Lipinski definition) is 1. The number of benzene rings is 1. The largest absolute Gasteiger partial charge is 0.376 e. The summed E-state index contributed by atoms with van der Waals surface area (Å²) in [5.74, 6) is 0.0314. The number of carbonyl (C=O) groups excluding carboxylic acids is 1. The second-order valence-corrected chi connectivity index (χ2v) is 5.54. The molecule has 1 aromatic carbocycles. The predicted molar refractivity (Wildman–Crippen MR) is 74.4 cm³/mol. The molecule has 1 aliphatic heterocycles. The van der Waals surface area contributed by atoms with E-state index in [9.17, 15) is 4.79 Å². The van der Waals surface area contributed by atoms with E-state index in [-0.39, 0.29) is 12.0 Å². The van der Waals surface area contributed by atoms with Crippen LogP contribution in [0.1, 0.15) is 47.2 Å². The molecule has 0 aromatic heterocycles. The van der Waals surface area contributed by atoms with Gasteiger partial charge in [0.2, 0.25) is 0 Å². The molecule has 3 heteroatoms. The fourth-order valence-electron chi connectivity index (χ4n) is 2.99. The van der Waals surface area contributed by atoms with Crippen molar-refractivity contribution in [3.8, 4) is 0 Å². The third-order valence-corrected chi connectivity index (χ3v) is 4.12. The van der Waals surface area contributed by atoms with Gasteiger partial charge in [-0.25, -0.2) is 0 Å². The second kappa shape index (κ2) is 5.74. The highest BCUT2D eigenvalue weighted by atomic mass is 16.5. The van der Waals surface area contributed by atoms with Gasteiger partial charge in [-0.05, 0) is 61.8 Å². The Bertz CT molecular complexity index is 464. The molecule has 0 unspecified atom stereocenters. The maximum Gasteiger partial charge on any atom is 0.251 e. The van der Waals surface area contributed by atoms with Crippen LogP contribution in [0, 0.1) is 0 Å². The van der Waals surface area contributed by atoms with Crippen LogP contribution >= 0.6 is 0 Å². The van der Waals surface area contributed by atoms with E-state index < -0.39 is 0 Å². The highest BCUT2D eigenvalue weighted by Gasteiger charge is 2.17. The van der Waals surface area contributed by atoms with Crippen LogP contribution in [0.5, 0.6) is 0 Å². The van der Waals surface area contributed by atoms with Crippen LogP contribution in [0.4, 0.5) is 0 Å². The molecule has 0 radical (unpaired) electrons. The molecule has 1 aliphatic carbocycles. The first-order chi connectivity index (χ1) is 9.33. The van der Waals surface area contributed by atoms with Gasteiger partial charge in [-0.2, -0.15) is 0 Å². The molecule has 1 atom stereocenters. The smallest absolute Gasteiger partial charge is 0.251 e. The standard InChI is InChI=1S/C16H21NO2/c18-16(17-11-15-6-3-9-19-15)14-8-7-12-4-1-2-5-13(12)10-14/h7-8,10,15H,1-6,9,11H2,(H,17,18)/t15-/m1/s1. The molecule has 1 N–H and O–H groups in total. The molecular formula is C16H21NO2. The monoisotopic (exact) mass is 259 g/mol. The average molecular weight is 259 g/mol. The number of rotatable bonds is 3. The van der Waals surface area contributed by atoms with E-state index in [0.29, 0.717) is 6.54 Å². The van der Waals surface area contributed by atoms with Gasteiger partial charge in [0.1, 0.15) is 0 Å². The lowest BCUT2D eigenvalue weighted by Gasteiger charge is -2.17. The Morgan fingerprint density at radius 2 is 2.05 bits per heavy atom. The fourth-order valence-corrected chi connectivity index (χ4v) is 2.99. The summed E-state index contributed by atoms with van der Waals surface area (Å²) in [4.78, 5) is 12.1. The molecule has 1 heterocycles. The first-order valence-corrected chi connectivity index (χ1v) is 7.34. The first-order valence-electron chi connectivity index (χ1n) is 7.34. The van der Waals surface area contributed by atoms with Crippen molar-refractivity contribution in [1.82, 2.24) is 5.32 Å². The van der Waals surface area contributed by atoms with E-state index in [0.717, 1.165) is 37.9 Å². The van der Waals surface area contributed by atoms with E-state index >= 15 is 0 Å². The molecule has 1 amide bonds. The van der Waals surface area contributed by atoms with E-state index in [1.54, 1.807) is 0 Å². The average Bonchev–Trinajstić information content (AvgIpc) is 2.97. The minimum absolute atomic E-state index is 0.0314. The van der Waals surface area contributed by atoms with Crippen molar-refractivity contribution >= 4 is 5.91 Å². The Labute approximate surface area is 114 Å². The van der Waals surface area contributed by atoms with E-state index in [1.165, 1.54) is 24.0 Å². The summed E-state index contributed by atoms with van der Waals surface area (Å²) in [5, 5.41) is 2.98. The number of hydrogen-bond acceptors (Lipinski definition) is 2. The minimum atomic E-state index is 0.0314. The Morgan fingerprint density at radius 3 is 2.84 bits per heavy atom. The van der Waals surface area contributed by atoms with Crippen molar-refractivity contribution in [3.63, 3.8) is 0 Å². The molecule has 1 fully saturated rings. The lowest BCUT2D eigenvalue weighted by atomic mass is 9.90. The molecule has 1 aromatic rings. The lowest BCUT2D eigenvalue weighted by Crippen LogP contribution is -2.31. The number of fused-ring (bicyclic) bond motifs is 1. The van der Waals surface area contributed by atoms with Crippen LogP contribution in [0.15, 0.2) is 18.2 Å². The second-order valence-electron chi connectivity index (χ2n) is 5.54. The van der Waals surface area contributed by atoms with Gasteiger partial charge in [-0.3, -0.25) is 4.79 Å². The Morgan fingerprint density at radius 1 is 1.21 bits per heavy atom. The summed E-state index contributed by atoms with van der Waals surface area (Å²) in [7, 11) is 0. The number of ether oxygens (including phenoxy) is 1. The Hall–Kier alpha value is -1.35. The summed E-state index contributed by atoms with van der Waals surface area (Å²) in [6, 6.07) is 6.14. The molecule has 0 saturated carbocycles. The van der Waals surface area contributed by atoms with Gasteiger partial charge in [0.05, 0.1) is 6.10 Å². The van der Waals surface area contributed by atoms with Crippen LogP contribution in [-0.2, 0) is 17.6 Å². The van der Waals surface area contributed by atoms with Gasteiger partial charge in [-0.15, -0.1) is 0 Å². The normalized spacial score (nSPS) is 22.0. The maximum atomic E-state index is 12.1. The highest BCUT2D eigenvalue weighted by Crippen LogP contribution is 2.22. The molecule has 1 saturated heterocycles. The number of carbonyl (C=O) groups is 1. The van der Waals surface area contributed by atoms with E-state index in [2.05, 4.69) is 17.4 Å². The summed E-state index contributed by atoms with van der Waals surface area (Å²) in [6.07, 6.45) is 7.17. The molecule has 0 spiro atoms. The number of nitrogens with one attached hydrogen (secondary N) is 1. The molecular weight excluding hydrogens is 238 g/mol. The van der Waals surface area contributed by atoms with Crippen LogP contribution in [-0.4, -0.2) is 25.2 Å². The van der Waals surface area contributed by atoms with Gasteiger partial charge in [0.15, 0.2) is 0 Å². The van der Waals surface area contributed by atoms with E-state index in [1.807, 2.05) is 6.07 Å². The van der Waals surface area contributed by atoms with Crippen LogP contribution in [0.25, 0.3) is 0 Å². The predicted octanol–water partition coefficient (Wildman–Crippen LogP) is 2.47. The zero-order valence-electron chi connectivity index (χ0n) is 11.3. The topological polar surface area (TPSA) is 38.3 Å². The SMILES string of the molecule is O=C(NC[C@H]1CCCO1)c1ccc2c(c1)CCCC2. The number of amides is 1. The molecule has 3 rings (SSSR count). The fraction of sp³-hybridized carbons (Fsp3) is 0.562. The number of aryl methyl sites for hydroxylation is 2. The molecule has 19 heavy (non-hydrogen) atoms. The third kappa shape index (κ3) is 2.98. The third-order valence-electron chi connectivity index (χ3n) is 4.12. The van der Waals surface area contributed by atoms with Crippen LogP contribution < -0.4 is 5.32 Å². The lowest BCUT2D eigenvalue weighted by molar-refractivity contribution is 0.0857. The van der Waals surface area contributed by atoms with Gasteiger partial charge < -0.3 is 10.1 Å². The van der Waals surface area contributed by atoms with Crippen molar-refractivity contribution in [3.05, 3.63) is 34.9 Å². The zero-order valence-corrected chi connectivity index (χ0v) is 11.3. The summed E-state index contributed by atoms with van der Waals surface area (Å²) in [6.45, 7) is 1.47. The first kappa shape index (κ1) is 12.7. The van der Waals surface area contributed by atoms with Crippen molar-refractivity contribution in [2.45, 2.75) is 44.6 Å². The van der Waals surface area contributed by atoms with Gasteiger partial charge in [-0.1, -0.05) is 6.07 Å². The molecule has 102 valence electrons. The van der Waals surface area contributed by atoms with Gasteiger partial charge in [0.25, 0.3) is 5.91 Å². The highest BCUT2D eigenvalue weighted by molar-refractivity contribution is 5.94. The molecule has 2 aliphatic rings. The van der Waals surface area contributed by atoms with Crippen molar-refractivity contribution < 1.29 is 9.53 Å². The summed E-state index contributed by atoms with van der Waals surface area (Å²) >= 11 is 0. The van der Waals surface area contributed by atoms with Crippen molar-refractivity contribution in [2.24, 2.45) is 0 Å². The van der Waals surface area contributed by atoms with E-state index in [4.69, 9.17) is 4.74 Å². The van der Waals surface area contributed by atoms with Crippen molar-refractivity contribution in [1.29, 1.82) is 0 Å². The van der Waals surface area contributed by atoms with Crippen LogP contribution in [0.2, 0.25) is 0 Å². The van der Waals surface area contributed by atoms with Gasteiger partial charge in [0, 0.05) is 18.7 Å². The molecule has 3 nitrogen and oxygen atoms in total.